The number of nitrogens with zero attached hydrogens (tertiary/aromatic N) is 1. The molecule has 0 atom stereocenters. The maximum Gasteiger partial charge on any atom is 0.256 e. The van der Waals surface area contributed by atoms with E-state index in [0.29, 0.717) is 17.9 Å². The summed E-state index contributed by atoms with van der Waals surface area (Å²) in [6, 6.07) is 11.4. The number of fused-ring (bicyclic) bond motifs is 1. The summed E-state index contributed by atoms with van der Waals surface area (Å²) in [7, 11) is 3.05. The molecule has 0 aliphatic carbocycles. The van der Waals surface area contributed by atoms with Crippen LogP contribution in [-0.2, 0) is 13.0 Å². The molecule has 0 saturated heterocycles. The molecule has 4 rings (SSSR count). The van der Waals surface area contributed by atoms with Crippen molar-refractivity contribution >= 4 is 16.9 Å². The number of aromatic nitrogens is 2. The zero-order chi connectivity index (χ0) is 25.8. The third-order valence-electron chi connectivity index (χ3n) is 5.74. The van der Waals surface area contributed by atoms with Crippen molar-refractivity contribution in [3.63, 3.8) is 0 Å². The number of hydrogen-bond acceptors (Lipinski definition) is 5. The number of benzene rings is 2. The summed E-state index contributed by atoms with van der Waals surface area (Å²) in [6.07, 6.45) is 1.67. The lowest BCUT2D eigenvalue weighted by Gasteiger charge is -2.14. The Morgan fingerprint density at radius 3 is 2.38 bits per heavy atom. The molecule has 4 N–H and O–H groups in total. The van der Waals surface area contributed by atoms with Crippen LogP contribution in [-0.4, -0.2) is 41.7 Å². The quantitative estimate of drug-likeness (QED) is 0.373. The maximum atomic E-state index is 14.3. The first-order valence-corrected chi connectivity index (χ1v) is 11.0. The van der Waals surface area contributed by atoms with E-state index in [1.165, 1.54) is 43.2 Å². The van der Waals surface area contributed by atoms with Gasteiger partial charge in [0.05, 0.1) is 26.3 Å². The highest BCUT2D eigenvalue weighted by Crippen LogP contribution is 2.27. The van der Waals surface area contributed by atoms with E-state index in [9.17, 15) is 23.2 Å². The van der Waals surface area contributed by atoms with Gasteiger partial charge in [-0.1, -0.05) is 12.1 Å². The minimum Gasteiger partial charge on any atom is -0.493 e. The Morgan fingerprint density at radius 2 is 1.70 bits per heavy atom. The molecule has 0 unspecified atom stereocenters. The van der Waals surface area contributed by atoms with Gasteiger partial charge < -0.3 is 29.8 Å². The highest BCUT2D eigenvalue weighted by atomic mass is 19.1. The molecule has 2 heterocycles. The lowest BCUT2D eigenvalue weighted by Crippen LogP contribution is -2.32. The summed E-state index contributed by atoms with van der Waals surface area (Å²) >= 11 is 0. The molecule has 2 aromatic carbocycles. The zero-order valence-electron chi connectivity index (χ0n) is 20.1. The van der Waals surface area contributed by atoms with Crippen LogP contribution in [0.3, 0.4) is 0 Å². The average molecular weight is 513 g/mol. The summed E-state index contributed by atoms with van der Waals surface area (Å²) in [5.41, 5.74) is -0.799. The topological polar surface area (TPSA) is 134 Å². The van der Waals surface area contributed by atoms with Crippen LogP contribution < -0.4 is 25.8 Å². The molecule has 194 valence electrons. The molecule has 11 heteroatoms. The second-order valence-electron chi connectivity index (χ2n) is 7.98. The number of nitrogens with one attached hydrogen (secondary N) is 2. The van der Waals surface area contributed by atoms with Gasteiger partial charge in [-0.05, 0) is 42.3 Å². The Morgan fingerprint density at radius 1 is 1.00 bits per heavy atom. The fourth-order valence-corrected chi connectivity index (χ4v) is 3.90. The number of ether oxygens (including phenoxy) is 2. The average Bonchev–Trinajstić information content (AvgIpc) is 2.87. The fraction of sp³-hybridized carbons (Fsp3) is 0.192. The van der Waals surface area contributed by atoms with Crippen LogP contribution in [0, 0.1) is 11.6 Å². The number of H-pyrrole nitrogens is 1. The van der Waals surface area contributed by atoms with Crippen molar-refractivity contribution in [2.24, 2.45) is 0 Å². The van der Waals surface area contributed by atoms with Crippen LogP contribution in [0.2, 0.25) is 0 Å². The number of aromatic amines is 1. The molecule has 0 saturated carbocycles. The van der Waals surface area contributed by atoms with E-state index >= 15 is 0 Å². The van der Waals surface area contributed by atoms with Gasteiger partial charge in [-0.25, -0.2) is 8.78 Å². The minimum absolute atomic E-state index is 0. The molecule has 0 radical (unpaired) electrons. The Bertz CT molecular complexity index is 1540. The van der Waals surface area contributed by atoms with Crippen LogP contribution in [0.4, 0.5) is 8.78 Å². The van der Waals surface area contributed by atoms with Gasteiger partial charge in [0.1, 0.15) is 22.7 Å². The zero-order valence-corrected chi connectivity index (χ0v) is 20.1. The molecule has 4 aromatic rings. The first-order valence-electron chi connectivity index (χ1n) is 11.0. The Kier molecular flexibility index (Phi) is 8.41. The smallest absolute Gasteiger partial charge is 0.256 e. The van der Waals surface area contributed by atoms with Crippen LogP contribution in [0.25, 0.3) is 11.0 Å². The molecule has 0 spiro atoms. The lowest BCUT2D eigenvalue weighted by atomic mass is 10.1. The second-order valence-corrected chi connectivity index (χ2v) is 7.98. The molecular weight excluding hydrogens is 488 g/mol. The first-order chi connectivity index (χ1) is 17.3. The first kappa shape index (κ1) is 27.1. The number of carbonyl (C=O) groups is 1. The van der Waals surface area contributed by atoms with Crippen molar-refractivity contribution in [3.8, 4) is 11.5 Å². The van der Waals surface area contributed by atoms with Gasteiger partial charge in [-0.3, -0.25) is 14.4 Å². The van der Waals surface area contributed by atoms with E-state index in [1.807, 2.05) is 6.07 Å². The van der Waals surface area contributed by atoms with Crippen LogP contribution >= 0.6 is 0 Å². The molecule has 0 aliphatic rings. The van der Waals surface area contributed by atoms with Gasteiger partial charge in [0, 0.05) is 24.4 Å². The van der Waals surface area contributed by atoms with E-state index in [2.05, 4.69) is 10.3 Å². The van der Waals surface area contributed by atoms with Gasteiger partial charge >= 0.3 is 0 Å². The lowest BCUT2D eigenvalue weighted by molar-refractivity contribution is 0.0952. The van der Waals surface area contributed by atoms with Crippen molar-refractivity contribution in [2.75, 3.05) is 20.8 Å². The Hall–Kier alpha value is -4.51. The predicted octanol–water partition coefficient (Wildman–Crippen LogP) is 2.18. The largest absolute Gasteiger partial charge is 0.493 e. The molecule has 0 fully saturated rings. The highest BCUT2D eigenvalue weighted by Gasteiger charge is 2.18. The molecule has 0 aliphatic heterocycles. The third kappa shape index (κ3) is 5.67. The van der Waals surface area contributed by atoms with Gasteiger partial charge in [0.25, 0.3) is 5.91 Å². The van der Waals surface area contributed by atoms with Gasteiger partial charge in [0.2, 0.25) is 11.0 Å². The summed E-state index contributed by atoms with van der Waals surface area (Å²) < 4.78 is 40.4. The maximum absolute atomic E-state index is 14.3. The van der Waals surface area contributed by atoms with E-state index in [0.717, 1.165) is 17.7 Å². The Labute approximate surface area is 209 Å². The van der Waals surface area contributed by atoms with E-state index < -0.39 is 28.5 Å². The van der Waals surface area contributed by atoms with Crippen LogP contribution in [0.1, 0.15) is 21.5 Å². The molecular formula is C26H25F2N3O6. The predicted molar refractivity (Wildman–Crippen MR) is 133 cm³/mol. The number of hydrogen-bond donors (Lipinski definition) is 2. The van der Waals surface area contributed by atoms with Gasteiger partial charge in [-0.2, -0.15) is 0 Å². The minimum atomic E-state index is -0.771. The number of rotatable bonds is 8. The standard InChI is InChI=1S/C26H23F2N3O5.H2O/c1-35-21-8-6-15(12-22(21)36-2)10-11-29-26(34)17-14-31(13-16-18(27)4-3-5-19(16)28)20-7-9-23(32)30-24(20)25(17)33;/h3-9,12,14H,10-11,13H2,1-2H3,(H,29,34)(H,30,32);1H2. The van der Waals surface area contributed by atoms with Crippen molar-refractivity contribution in [1.82, 2.24) is 14.9 Å². The number of methoxy groups -OCH3 is 2. The van der Waals surface area contributed by atoms with Crippen molar-refractivity contribution < 1.29 is 28.5 Å². The van der Waals surface area contributed by atoms with Gasteiger partial charge in [0.15, 0.2) is 11.5 Å². The van der Waals surface area contributed by atoms with Gasteiger partial charge in [-0.15, -0.1) is 0 Å². The highest BCUT2D eigenvalue weighted by molar-refractivity contribution is 5.96. The molecule has 9 nitrogen and oxygen atoms in total. The van der Waals surface area contributed by atoms with E-state index in [-0.39, 0.29) is 40.7 Å². The molecule has 0 bridgehead atoms. The second kappa shape index (κ2) is 11.5. The van der Waals surface area contributed by atoms with Crippen LogP contribution in [0.5, 0.6) is 11.5 Å². The third-order valence-corrected chi connectivity index (χ3v) is 5.74. The number of amides is 1. The molecule has 37 heavy (non-hydrogen) atoms. The number of pyridine rings is 2. The fourth-order valence-electron chi connectivity index (χ4n) is 3.90. The van der Waals surface area contributed by atoms with E-state index in [4.69, 9.17) is 9.47 Å². The van der Waals surface area contributed by atoms with Crippen molar-refractivity contribution in [3.05, 3.63) is 104 Å². The molecule has 1 amide bonds. The SMILES string of the molecule is COc1ccc(CCNC(=O)c2cn(Cc3c(F)cccc3F)c3ccc(=O)[nH]c3c2=O)cc1OC.O. The number of carbonyl (C=O) groups excluding carboxylic acids is 1. The summed E-state index contributed by atoms with van der Waals surface area (Å²) in [4.78, 5) is 40.3. The van der Waals surface area contributed by atoms with E-state index in [1.54, 1.807) is 12.1 Å². The normalized spacial score (nSPS) is 10.6. The number of halogens is 2. The summed E-state index contributed by atoms with van der Waals surface area (Å²) in [6.45, 7) is -0.105. The van der Waals surface area contributed by atoms with Crippen molar-refractivity contribution in [1.29, 1.82) is 0 Å². The Balaban J connectivity index is 0.00000380. The van der Waals surface area contributed by atoms with Crippen LogP contribution in [0.15, 0.2) is 64.3 Å². The monoisotopic (exact) mass is 513 g/mol. The summed E-state index contributed by atoms with van der Waals surface area (Å²) in [5, 5.41) is 2.68. The van der Waals surface area contributed by atoms with Crippen molar-refractivity contribution in [2.45, 2.75) is 13.0 Å². The summed E-state index contributed by atoms with van der Waals surface area (Å²) in [5.74, 6) is -1.11. The molecule has 2 aromatic heterocycles.